The SMILES string of the molecule is Cc1ccccc1C1CN(C)C(=O)C12CCCN(C(=O)C(COCc1ccccc1)NC(=O)C(C)(C)N)C2. The molecular weight excluding hydrogens is 480 g/mol. The molecule has 0 radical (unpaired) electrons. The Labute approximate surface area is 225 Å². The van der Waals surface area contributed by atoms with Crippen LogP contribution in [0.3, 0.4) is 0 Å². The van der Waals surface area contributed by atoms with Crippen molar-refractivity contribution in [3.8, 4) is 0 Å². The minimum absolute atomic E-state index is 0.00805. The highest BCUT2D eigenvalue weighted by Gasteiger charge is 2.56. The Kier molecular flexibility index (Phi) is 8.23. The molecule has 2 aromatic rings. The Hall–Kier alpha value is -3.23. The normalized spacial score (nSPS) is 22.6. The van der Waals surface area contributed by atoms with E-state index in [2.05, 4.69) is 24.4 Å². The van der Waals surface area contributed by atoms with Crippen molar-refractivity contribution in [1.82, 2.24) is 15.1 Å². The van der Waals surface area contributed by atoms with Crippen molar-refractivity contribution in [2.45, 2.75) is 57.7 Å². The molecule has 0 aliphatic carbocycles. The maximum Gasteiger partial charge on any atom is 0.247 e. The van der Waals surface area contributed by atoms with E-state index in [1.54, 1.807) is 23.6 Å². The summed E-state index contributed by atoms with van der Waals surface area (Å²) in [5, 5.41) is 2.82. The van der Waals surface area contributed by atoms with Crippen LogP contribution in [0.4, 0.5) is 0 Å². The van der Waals surface area contributed by atoms with Crippen molar-refractivity contribution in [3.05, 3.63) is 71.3 Å². The van der Waals surface area contributed by atoms with Crippen LogP contribution in [0, 0.1) is 12.3 Å². The van der Waals surface area contributed by atoms with Gasteiger partial charge in [0.05, 0.1) is 24.2 Å². The van der Waals surface area contributed by atoms with Gasteiger partial charge in [-0.3, -0.25) is 14.4 Å². The van der Waals surface area contributed by atoms with E-state index in [0.29, 0.717) is 32.7 Å². The van der Waals surface area contributed by atoms with Crippen LogP contribution in [-0.4, -0.2) is 72.4 Å². The van der Waals surface area contributed by atoms with Crippen LogP contribution < -0.4 is 11.1 Å². The molecule has 0 saturated carbocycles. The van der Waals surface area contributed by atoms with Gasteiger partial charge in [0, 0.05) is 32.6 Å². The number of amides is 3. The van der Waals surface area contributed by atoms with E-state index in [0.717, 1.165) is 23.1 Å². The fourth-order valence-electron chi connectivity index (χ4n) is 5.77. The number of likely N-dealkylation sites (tertiary alicyclic amines) is 2. The number of piperidine rings is 1. The lowest BCUT2D eigenvalue weighted by atomic mass is 9.68. The van der Waals surface area contributed by atoms with Crippen LogP contribution in [0.15, 0.2) is 54.6 Å². The van der Waals surface area contributed by atoms with Crippen molar-refractivity contribution in [2.24, 2.45) is 11.1 Å². The lowest BCUT2D eigenvalue weighted by Gasteiger charge is -2.43. The standard InChI is InChI=1S/C30H40N4O4/c1-21-11-8-9-14-23(21)24-17-33(4)28(37)30(24)15-10-16-34(20-30)26(35)25(32-27(36)29(2,3)31)19-38-18-22-12-6-5-7-13-22/h5-9,11-14,24-25H,10,15-20,31H2,1-4H3,(H,32,36). The summed E-state index contributed by atoms with van der Waals surface area (Å²) >= 11 is 0. The molecule has 3 unspecified atom stereocenters. The maximum atomic E-state index is 13.9. The summed E-state index contributed by atoms with van der Waals surface area (Å²) in [6.07, 6.45) is 1.43. The zero-order chi connectivity index (χ0) is 27.5. The molecule has 2 fully saturated rings. The van der Waals surface area contributed by atoms with Gasteiger partial charge in [-0.05, 0) is 50.3 Å². The van der Waals surface area contributed by atoms with Gasteiger partial charge in [-0.15, -0.1) is 0 Å². The first kappa shape index (κ1) is 27.8. The molecule has 8 heteroatoms. The molecule has 4 rings (SSSR count). The summed E-state index contributed by atoms with van der Waals surface area (Å²) in [6, 6.07) is 16.9. The second-order valence-corrected chi connectivity index (χ2v) is 11.4. The Morgan fingerprint density at radius 3 is 2.53 bits per heavy atom. The third-order valence-corrected chi connectivity index (χ3v) is 7.88. The molecule has 2 saturated heterocycles. The molecular formula is C30H40N4O4. The first-order chi connectivity index (χ1) is 18.0. The lowest BCUT2D eigenvalue weighted by molar-refractivity contribution is -0.147. The van der Waals surface area contributed by atoms with E-state index in [1.807, 2.05) is 49.5 Å². The summed E-state index contributed by atoms with van der Waals surface area (Å²) in [7, 11) is 1.84. The first-order valence-electron chi connectivity index (χ1n) is 13.3. The van der Waals surface area contributed by atoms with E-state index >= 15 is 0 Å². The summed E-state index contributed by atoms with van der Waals surface area (Å²) in [4.78, 5) is 43.9. The molecule has 38 heavy (non-hydrogen) atoms. The number of likely N-dealkylation sites (N-methyl/N-ethyl adjacent to an activating group) is 1. The highest BCUT2D eigenvalue weighted by Crippen LogP contribution is 2.49. The zero-order valence-corrected chi connectivity index (χ0v) is 22.9. The number of nitrogens with two attached hydrogens (primary N) is 1. The fraction of sp³-hybridized carbons (Fsp3) is 0.500. The molecule has 0 aromatic heterocycles. The fourth-order valence-corrected chi connectivity index (χ4v) is 5.77. The second-order valence-electron chi connectivity index (χ2n) is 11.4. The third kappa shape index (κ3) is 5.76. The molecule has 3 N–H and O–H groups in total. The second kappa shape index (κ2) is 11.3. The van der Waals surface area contributed by atoms with E-state index < -0.39 is 22.9 Å². The quantitative estimate of drug-likeness (QED) is 0.557. The minimum Gasteiger partial charge on any atom is -0.374 e. The van der Waals surface area contributed by atoms with Crippen molar-refractivity contribution >= 4 is 17.7 Å². The third-order valence-electron chi connectivity index (χ3n) is 7.88. The van der Waals surface area contributed by atoms with Gasteiger partial charge in [0.15, 0.2) is 0 Å². The summed E-state index contributed by atoms with van der Waals surface area (Å²) in [6.45, 7) is 7.05. The number of hydrogen-bond acceptors (Lipinski definition) is 5. The Morgan fingerprint density at radius 2 is 1.84 bits per heavy atom. The smallest absolute Gasteiger partial charge is 0.247 e. The van der Waals surface area contributed by atoms with E-state index in [1.165, 1.54) is 0 Å². The molecule has 8 nitrogen and oxygen atoms in total. The number of aryl methyl sites for hydroxylation is 1. The van der Waals surface area contributed by atoms with Crippen molar-refractivity contribution < 1.29 is 19.1 Å². The number of ether oxygens (including phenoxy) is 1. The number of carbonyl (C=O) groups excluding carboxylic acids is 3. The van der Waals surface area contributed by atoms with Crippen LogP contribution in [0.5, 0.6) is 0 Å². The van der Waals surface area contributed by atoms with E-state index in [-0.39, 0.29) is 24.3 Å². The average molecular weight is 521 g/mol. The maximum absolute atomic E-state index is 13.9. The highest BCUT2D eigenvalue weighted by atomic mass is 16.5. The molecule has 3 amide bonds. The lowest BCUT2D eigenvalue weighted by Crippen LogP contribution is -2.60. The Balaban J connectivity index is 1.56. The van der Waals surface area contributed by atoms with Gasteiger partial charge in [-0.1, -0.05) is 54.6 Å². The molecule has 0 bridgehead atoms. The number of nitrogens with zero attached hydrogens (tertiary/aromatic N) is 2. The zero-order valence-electron chi connectivity index (χ0n) is 22.9. The average Bonchev–Trinajstić information content (AvgIpc) is 3.12. The molecule has 204 valence electrons. The molecule has 2 heterocycles. The van der Waals surface area contributed by atoms with Gasteiger partial charge >= 0.3 is 0 Å². The van der Waals surface area contributed by atoms with Gasteiger partial charge in [-0.25, -0.2) is 0 Å². The molecule has 1 spiro atoms. The summed E-state index contributed by atoms with van der Waals surface area (Å²) < 4.78 is 5.89. The summed E-state index contributed by atoms with van der Waals surface area (Å²) in [5.41, 5.74) is 7.45. The van der Waals surface area contributed by atoms with Crippen molar-refractivity contribution in [3.63, 3.8) is 0 Å². The monoisotopic (exact) mass is 520 g/mol. The molecule has 2 aliphatic heterocycles. The predicted octanol–water partition coefficient (Wildman–Crippen LogP) is 2.60. The van der Waals surface area contributed by atoms with Gasteiger partial charge in [0.1, 0.15) is 6.04 Å². The van der Waals surface area contributed by atoms with Crippen LogP contribution in [0.1, 0.15) is 49.3 Å². The first-order valence-corrected chi connectivity index (χ1v) is 13.3. The number of rotatable bonds is 8. The van der Waals surface area contributed by atoms with Gasteiger partial charge in [-0.2, -0.15) is 0 Å². The Bertz CT molecular complexity index is 1160. The van der Waals surface area contributed by atoms with Gasteiger partial charge in [0.25, 0.3) is 0 Å². The van der Waals surface area contributed by atoms with Gasteiger partial charge < -0.3 is 25.6 Å². The van der Waals surface area contributed by atoms with Crippen LogP contribution in [0.25, 0.3) is 0 Å². The predicted molar refractivity (Wildman–Crippen MR) is 146 cm³/mol. The number of nitrogens with one attached hydrogen (secondary N) is 1. The van der Waals surface area contributed by atoms with Crippen LogP contribution in [0.2, 0.25) is 0 Å². The highest BCUT2D eigenvalue weighted by molar-refractivity contribution is 5.92. The largest absolute Gasteiger partial charge is 0.374 e. The number of hydrogen-bond donors (Lipinski definition) is 2. The van der Waals surface area contributed by atoms with Gasteiger partial charge in [0.2, 0.25) is 17.7 Å². The van der Waals surface area contributed by atoms with E-state index in [4.69, 9.17) is 10.5 Å². The van der Waals surface area contributed by atoms with Crippen LogP contribution in [-0.2, 0) is 25.7 Å². The molecule has 3 atom stereocenters. The van der Waals surface area contributed by atoms with Crippen molar-refractivity contribution in [2.75, 3.05) is 33.3 Å². The molecule has 2 aliphatic rings. The number of benzene rings is 2. The topological polar surface area (TPSA) is 105 Å². The molecule has 2 aromatic carbocycles. The minimum atomic E-state index is -1.15. The number of carbonyl (C=O) groups is 3. The van der Waals surface area contributed by atoms with Crippen LogP contribution >= 0.6 is 0 Å². The summed E-state index contributed by atoms with van der Waals surface area (Å²) in [5.74, 6) is -0.615. The Morgan fingerprint density at radius 1 is 1.16 bits per heavy atom. The van der Waals surface area contributed by atoms with E-state index in [9.17, 15) is 14.4 Å². The van der Waals surface area contributed by atoms with Crippen molar-refractivity contribution in [1.29, 1.82) is 0 Å².